The van der Waals surface area contributed by atoms with Gasteiger partial charge in [0.15, 0.2) is 0 Å². The maximum absolute atomic E-state index is 5.37. The molecule has 0 fully saturated rings. The Bertz CT molecular complexity index is 377. The number of thiocarbonyl (C=S) groups is 1. The quantitative estimate of drug-likeness (QED) is 0.732. The maximum Gasteiger partial charge on any atom is 0.304 e. The summed E-state index contributed by atoms with van der Waals surface area (Å²) in [5, 5.41) is 8.02. The first kappa shape index (κ1) is 10.2. The van der Waals surface area contributed by atoms with E-state index in [1.165, 1.54) is 5.56 Å². The largest absolute Gasteiger partial charge is 0.440 e. The predicted molar refractivity (Wildman–Crippen MR) is 61.8 cm³/mol. The summed E-state index contributed by atoms with van der Waals surface area (Å²) < 4.78 is 5.37. The Morgan fingerprint density at radius 2 is 2.13 bits per heavy atom. The molecule has 2 unspecified atom stereocenters. The molecule has 1 aliphatic rings. The first-order valence-corrected chi connectivity index (χ1v) is 5.38. The molecule has 0 bridgehead atoms. The fraction of sp³-hybridized carbons (Fsp3) is 0.364. The summed E-state index contributed by atoms with van der Waals surface area (Å²) in [6, 6.07) is 10.2. The van der Waals surface area contributed by atoms with Crippen molar-refractivity contribution in [3.8, 4) is 0 Å². The number of rotatable bonds is 3. The highest BCUT2D eigenvalue weighted by Gasteiger charge is 2.27. The Hall–Kier alpha value is -1.29. The van der Waals surface area contributed by atoms with Gasteiger partial charge >= 0.3 is 5.17 Å². The second-order valence-electron chi connectivity index (χ2n) is 3.42. The summed E-state index contributed by atoms with van der Waals surface area (Å²) in [5.41, 5.74) is 1.22. The van der Waals surface area contributed by atoms with E-state index in [2.05, 4.69) is 29.3 Å². The van der Waals surface area contributed by atoms with Gasteiger partial charge in [-0.15, -0.1) is 10.2 Å². The number of benzene rings is 1. The number of hydrogen-bond acceptors (Lipinski definition) is 3. The van der Waals surface area contributed by atoms with Gasteiger partial charge in [-0.2, -0.15) is 0 Å². The first-order valence-electron chi connectivity index (χ1n) is 4.97. The lowest BCUT2D eigenvalue weighted by Crippen LogP contribution is -2.17. The zero-order valence-corrected chi connectivity index (χ0v) is 9.28. The van der Waals surface area contributed by atoms with Crippen LogP contribution in [-0.2, 0) is 4.74 Å². The van der Waals surface area contributed by atoms with Gasteiger partial charge in [0.05, 0.1) is 0 Å². The average molecular weight is 220 g/mol. The smallest absolute Gasteiger partial charge is 0.304 e. The third kappa shape index (κ3) is 2.21. The van der Waals surface area contributed by atoms with Crippen LogP contribution in [0.2, 0.25) is 0 Å². The average Bonchev–Trinajstić information content (AvgIpc) is 2.68. The van der Waals surface area contributed by atoms with E-state index in [0.717, 1.165) is 6.42 Å². The summed E-state index contributed by atoms with van der Waals surface area (Å²) in [6.07, 6.45) is 0.709. The molecule has 1 aliphatic heterocycles. The number of azo groups is 1. The number of hydrogen-bond donors (Lipinski definition) is 0. The van der Waals surface area contributed by atoms with Crippen LogP contribution in [0.5, 0.6) is 0 Å². The van der Waals surface area contributed by atoms with Crippen LogP contribution in [0.1, 0.15) is 24.8 Å². The van der Waals surface area contributed by atoms with Gasteiger partial charge in [-0.1, -0.05) is 37.3 Å². The molecule has 15 heavy (non-hydrogen) atoms. The normalized spacial score (nSPS) is 21.4. The van der Waals surface area contributed by atoms with Gasteiger partial charge in [-0.3, -0.25) is 0 Å². The van der Waals surface area contributed by atoms with Crippen molar-refractivity contribution in [2.45, 2.75) is 25.5 Å². The highest BCUT2D eigenvalue weighted by atomic mass is 32.1. The van der Waals surface area contributed by atoms with E-state index in [-0.39, 0.29) is 17.3 Å². The first-order chi connectivity index (χ1) is 7.31. The molecule has 2 rings (SSSR count). The molecular weight excluding hydrogens is 208 g/mol. The van der Waals surface area contributed by atoms with Crippen LogP contribution in [0.4, 0.5) is 0 Å². The van der Waals surface area contributed by atoms with Crippen molar-refractivity contribution in [2.75, 3.05) is 0 Å². The van der Waals surface area contributed by atoms with E-state index in [1.807, 2.05) is 18.2 Å². The fourth-order valence-corrected chi connectivity index (χ4v) is 1.87. The molecule has 3 nitrogen and oxygen atoms in total. The molecule has 0 saturated heterocycles. The topological polar surface area (TPSA) is 34.0 Å². The van der Waals surface area contributed by atoms with Crippen LogP contribution in [0.25, 0.3) is 0 Å². The van der Waals surface area contributed by atoms with Gasteiger partial charge in [0.2, 0.25) is 6.23 Å². The van der Waals surface area contributed by atoms with Crippen molar-refractivity contribution < 1.29 is 4.74 Å². The van der Waals surface area contributed by atoms with Crippen LogP contribution in [-0.4, -0.2) is 11.4 Å². The van der Waals surface area contributed by atoms with Gasteiger partial charge in [0.1, 0.15) is 0 Å². The molecule has 0 aromatic heterocycles. The van der Waals surface area contributed by atoms with Crippen molar-refractivity contribution in [2.24, 2.45) is 10.2 Å². The molecule has 1 aromatic carbocycles. The standard InChI is InChI=1S/C11H12N2OS/c1-2-9(8-6-4-3-5-7-8)10-12-13-11(15)14-10/h3-7,9-10H,2H2,1H3. The molecule has 1 heterocycles. The molecule has 0 amide bonds. The lowest BCUT2D eigenvalue weighted by Gasteiger charge is -2.18. The summed E-state index contributed by atoms with van der Waals surface area (Å²) in [7, 11) is 0. The SMILES string of the molecule is CCC(c1ccccc1)C1N=NC(=S)O1. The van der Waals surface area contributed by atoms with E-state index >= 15 is 0 Å². The fourth-order valence-electron chi connectivity index (χ4n) is 1.72. The van der Waals surface area contributed by atoms with E-state index in [9.17, 15) is 0 Å². The maximum atomic E-state index is 5.37. The Labute approximate surface area is 94.2 Å². The monoisotopic (exact) mass is 220 g/mol. The second kappa shape index (κ2) is 4.49. The van der Waals surface area contributed by atoms with Crippen molar-refractivity contribution in [3.63, 3.8) is 0 Å². The molecule has 0 spiro atoms. The lowest BCUT2D eigenvalue weighted by molar-refractivity contribution is 0.184. The summed E-state index contributed by atoms with van der Waals surface area (Å²) in [4.78, 5) is 0. The third-order valence-electron chi connectivity index (χ3n) is 2.49. The number of ether oxygens (including phenoxy) is 1. The van der Waals surface area contributed by atoms with Gasteiger partial charge in [0, 0.05) is 5.92 Å². The van der Waals surface area contributed by atoms with Gasteiger partial charge in [-0.05, 0) is 24.2 Å². The third-order valence-corrected chi connectivity index (χ3v) is 2.66. The molecule has 0 radical (unpaired) electrons. The highest BCUT2D eigenvalue weighted by Crippen LogP contribution is 2.29. The minimum absolute atomic E-state index is 0.232. The van der Waals surface area contributed by atoms with Crippen LogP contribution in [0.3, 0.4) is 0 Å². The van der Waals surface area contributed by atoms with Gasteiger partial charge in [0.25, 0.3) is 0 Å². The molecule has 78 valence electrons. The highest BCUT2D eigenvalue weighted by molar-refractivity contribution is 7.80. The Balaban J connectivity index is 2.18. The molecule has 4 heteroatoms. The van der Waals surface area contributed by atoms with E-state index in [4.69, 9.17) is 17.0 Å². The van der Waals surface area contributed by atoms with Crippen molar-refractivity contribution in [3.05, 3.63) is 35.9 Å². The summed E-state index contributed by atoms with van der Waals surface area (Å²) in [5.74, 6) is 0.232. The lowest BCUT2D eigenvalue weighted by atomic mass is 9.95. The van der Waals surface area contributed by atoms with Crippen LogP contribution in [0.15, 0.2) is 40.6 Å². The Morgan fingerprint density at radius 3 is 2.67 bits per heavy atom. The van der Waals surface area contributed by atoms with Crippen molar-refractivity contribution in [1.82, 2.24) is 0 Å². The molecule has 1 aromatic rings. The van der Waals surface area contributed by atoms with E-state index in [0.29, 0.717) is 0 Å². The minimum Gasteiger partial charge on any atom is -0.440 e. The van der Waals surface area contributed by atoms with Crippen LogP contribution in [0, 0.1) is 0 Å². The van der Waals surface area contributed by atoms with E-state index < -0.39 is 0 Å². The molecule has 0 aliphatic carbocycles. The zero-order valence-electron chi connectivity index (χ0n) is 8.46. The second-order valence-corrected chi connectivity index (χ2v) is 3.76. The molecule has 0 saturated carbocycles. The van der Waals surface area contributed by atoms with Crippen LogP contribution >= 0.6 is 12.2 Å². The minimum atomic E-state index is -0.245. The molecular formula is C11H12N2OS. The summed E-state index contributed by atoms with van der Waals surface area (Å²) in [6.45, 7) is 2.11. The van der Waals surface area contributed by atoms with Gasteiger partial charge in [-0.25, -0.2) is 0 Å². The zero-order chi connectivity index (χ0) is 10.7. The molecule has 0 N–H and O–H groups in total. The summed E-state index contributed by atoms with van der Waals surface area (Å²) >= 11 is 4.83. The Kier molecular flexibility index (Phi) is 3.06. The Morgan fingerprint density at radius 1 is 1.40 bits per heavy atom. The van der Waals surface area contributed by atoms with Gasteiger partial charge < -0.3 is 4.74 Å². The number of nitrogens with zero attached hydrogens (tertiary/aromatic N) is 2. The predicted octanol–water partition coefficient (Wildman–Crippen LogP) is 3.27. The van der Waals surface area contributed by atoms with Crippen molar-refractivity contribution in [1.29, 1.82) is 0 Å². The molecule has 2 atom stereocenters. The van der Waals surface area contributed by atoms with Crippen molar-refractivity contribution >= 4 is 17.4 Å². The van der Waals surface area contributed by atoms with Crippen LogP contribution < -0.4 is 0 Å². The van der Waals surface area contributed by atoms with E-state index in [1.54, 1.807) is 0 Å².